The van der Waals surface area contributed by atoms with Crippen LogP contribution in [-0.4, -0.2) is 36.1 Å². The van der Waals surface area contributed by atoms with Crippen LogP contribution in [0, 0.1) is 0 Å². The summed E-state index contributed by atoms with van der Waals surface area (Å²) in [7, 11) is 0. The second kappa shape index (κ2) is 8.26. The molecule has 0 aromatic carbocycles. The number of rotatable bonds is 3. The molecule has 3 atom stereocenters. The number of hydrogen-bond acceptors (Lipinski definition) is 2. The molecule has 1 aliphatic carbocycles. The zero-order valence-corrected chi connectivity index (χ0v) is 13.2. The van der Waals surface area contributed by atoms with E-state index in [2.05, 4.69) is 24.1 Å². The van der Waals surface area contributed by atoms with Crippen LogP contribution in [0.1, 0.15) is 78.1 Å². The van der Waals surface area contributed by atoms with Crippen molar-refractivity contribution < 1.29 is 0 Å². The van der Waals surface area contributed by atoms with E-state index in [1.165, 1.54) is 70.8 Å². The fourth-order valence-corrected chi connectivity index (χ4v) is 4.15. The summed E-state index contributed by atoms with van der Waals surface area (Å²) in [5.74, 6) is 0. The molecule has 1 N–H and O–H groups in total. The van der Waals surface area contributed by atoms with Crippen LogP contribution in [0.5, 0.6) is 0 Å². The molecule has 2 fully saturated rings. The minimum Gasteiger partial charge on any atom is -0.313 e. The third-order valence-electron chi connectivity index (χ3n) is 5.23. The van der Waals surface area contributed by atoms with Crippen molar-refractivity contribution in [2.75, 3.05) is 13.1 Å². The monoisotopic (exact) mass is 266 g/mol. The van der Waals surface area contributed by atoms with Gasteiger partial charge in [0.05, 0.1) is 0 Å². The van der Waals surface area contributed by atoms with Crippen LogP contribution in [0.3, 0.4) is 0 Å². The van der Waals surface area contributed by atoms with Crippen molar-refractivity contribution in [1.82, 2.24) is 10.2 Å². The van der Waals surface area contributed by atoms with E-state index in [1.807, 2.05) is 0 Å². The van der Waals surface area contributed by atoms with Crippen molar-refractivity contribution in [3.8, 4) is 0 Å². The summed E-state index contributed by atoms with van der Waals surface area (Å²) >= 11 is 0. The molecule has 2 rings (SSSR count). The van der Waals surface area contributed by atoms with Gasteiger partial charge in [-0.15, -0.1) is 0 Å². The average molecular weight is 266 g/mol. The fourth-order valence-electron chi connectivity index (χ4n) is 4.15. The van der Waals surface area contributed by atoms with Gasteiger partial charge in [-0.25, -0.2) is 0 Å². The van der Waals surface area contributed by atoms with Gasteiger partial charge in [0.25, 0.3) is 0 Å². The Morgan fingerprint density at radius 3 is 2.37 bits per heavy atom. The van der Waals surface area contributed by atoms with Crippen LogP contribution in [-0.2, 0) is 0 Å². The van der Waals surface area contributed by atoms with Crippen molar-refractivity contribution in [2.24, 2.45) is 0 Å². The van der Waals surface area contributed by atoms with Gasteiger partial charge in [-0.3, -0.25) is 4.90 Å². The molecule has 0 bridgehead atoms. The molecule has 1 saturated carbocycles. The van der Waals surface area contributed by atoms with Gasteiger partial charge in [0, 0.05) is 18.1 Å². The molecule has 19 heavy (non-hydrogen) atoms. The molecule has 0 amide bonds. The number of likely N-dealkylation sites (N-methyl/N-ethyl adjacent to an activating group) is 1. The van der Waals surface area contributed by atoms with Gasteiger partial charge in [-0.1, -0.05) is 45.4 Å². The lowest BCUT2D eigenvalue weighted by atomic mass is 9.90. The quantitative estimate of drug-likeness (QED) is 0.832. The van der Waals surface area contributed by atoms with Gasteiger partial charge in [-0.2, -0.15) is 0 Å². The smallest absolute Gasteiger partial charge is 0.0252 e. The molecule has 3 unspecified atom stereocenters. The zero-order chi connectivity index (χ0) is 13.5. The van der Waals surface area contributed by atoms with E-state index in [0.29, 0.717) is 0 Å². The molecular formula is C17H34N2. The van der Waals surface area contributed by atoms with Crippen LogP contribution >= 0.6 is 0 Å². The lowest BCUT2D eigenvalue weighted by Gasteiger charge is -2.41. The van der Waals surface area contributed by atoms with Crippen molar-refractivity contribution in [2.45, 2.75) is 96.2 Å². The normalized spacial score (nSPS) is 35.4. The van der Waals surface area contributed by atoms with E-state index < -0.39 is 0 Å². The van der Waals surface area contributed by atoms with E-state index in [1.54, 1.807) is 0 Å². The minimum atomic E-state index is 0.742. The maximum Gasteiger partial charge on any atom is 0.0252 e. The minimum absolute atomic E-state index is 0.742. The number of likely N-dealkylation sites (tertiary alicyclic amines) is 1. The van der Waals surface area contributed by atoms with Crippen LogP contribution in [0.4, 0.5) is 0 Å². The highest BCUT2D eigenvalue weighted by Crippen LogP contribution is 2.27. The van der Waals surface area contributed by atoms with Gasteiger partial charge in [0.1, 0.15) is 0 Å². The Morgan fingerprint density at radius 2 is 1.58 bits per heavy atom. The molecule has 1 heterocycles. The second-order valence-corrected chi connectivity index (χ2v) is 6.66. The highest BCUT2D eigenvalue weighted by Gasteiger charge is 2.30. The fraction of sp³-hybridized carbons (Fsp3) is 1.00. The molecule has 2 aliphatic rings. The van der Waals surface area contributed by atoms with Gasteiger partial charge in [0.2, 0.25) is 0 Å². The number of nitrogens with zero attached hydrogens (tertiary/aromatic N) is 1. The molecule has 0 aromatic heterocycles. The van der Waals surface area contributed by atoms with Crippen molar-refractivity contribution in [1.29, 1.82) is 0 Å². The summed E-state index contributed by atoms with van der Waals surface area (Å²) in [6.07, 6.45) is 14.3. The van der Waals surface area contributed by atoms with Crippen molar-refractivity contribution in [3.63, 3.8) is 0 Å². The van der Waals surface area contributed by atoms with Gasteiger partial charge >= 0.3 is 0 Å². The second-order valence-electron chi connectivity index (χ2n) is 6.66. The van der Waals surface area contributed by atoms with Crippen LogP contribution < -0.4 is 5.32 Å². The molecule has 1 saturated heterocycles. The van der Waals surface area contributed by atoms with Gasteiger partial charge in [-0.05, 0) is 45.7 Å². The standard InChI is InChI=1S/C17H34N2/c1-3-18-16-12-8-4-5-9-13-17(16)19-14-10-6-7-11-15(19)2/h15-18H,3-14H2,1-2H3. The molecule has 0 aromatic rings. The first-order chi connectivity index (χ1) is 9.33. The molecule has 112 valence electrons. The van der Waals surface area contributed by atoms with Crippen molar-refractivity contribution in [3.05, 3.63) is 0 Å². The van der Waals surface area contributed by atoms with E-state index in [-0.39, 0.29) is 0 Å². The summed E-state index contributed by atoms with van der Waals surface area (Å²) < 4.78 is 0. The van der Waals surface area contributed by atoms with Crippen LogP contribution in [0.2, 0.25) is 0 Å². The Labute approximate surface area is 120 Å². The summed E-state index contributed by atoms with van der Waals surface area (Å²) in [5, 5.41) is 3.80. The first-order valence-electron chi connectivity index (χ1n) is 8.82. The Morgan fingerprint density at radius 1 is 0.895 bits per heavy atom. The summed E-state index contributed by atoms with van der Waals surface area (Å²) in [6, 6.07) is 2.34. The van der Waals surface area contributed by atoms with E-state index in [9.17, 15) is 0 Å². The van der Waals surface area contributed by atoms with Crippen LogP contribution in [0.25, 0.3) is 0 Å². The summed E-state index contributed by atoms with van der Waals surface area (Å²) in [6.45, 7) is 7.20. The lowest BCUT2D eigenvalue weighted by Crippen LogP contribution is -2.53. The average Bonchev–Trinajstić information content (AvgIpc) is 2.59. The van der Waals surface area contributed by atoms with Crippen LogP contribution in [0.15, 0.2) is 0 Å². The van der Waals surface area contributed by atoms with E-state index in [0.717, 1.165) is 24.7 Å². The number of nitrogens with one attached hydrogen (secondary N) is 1. The highest BCUT2D eigenvalue weighted by molar-refractivity contribution is 4.89. The maximum absolute atomic E-state index is 3.80. The molecule has 0 spiro atoms. The van der Waals surface area contributed by atoms with E-state index >= 15 is 0 Å². The maximum atomic E-state index is 3.80. The molecule has 2 heteroatoms. The highest BCUT2D eigenvalue weighted by atomic mass is 15.2. The zero-order valence-electron chi connectivity index (χ0n) is 13.2. The topological polar surface area (TPSA) is 15.3 Å². The first-order valence-corrected chi connectivity index (χ1v) is 8.82. The van der Waals surface area contributed by atoms with Gasteiger partial charge < -0.3 is 5.32 Å². The predicted molar refractivity (Wildman–Crippen MR) is 83.6 cm³/mol. The number of hydrogen-bond donors (Lipinski definition) is 1. The van der Waals surface area contributed by atoms with Crippen molar-refractivity contribution >= 4 is 0 Å². The van der Waals surface area contributed by atoms with E-state index in [4.69, 9.17) is 0 Å². The Bertz CT molecular complexity index is 241. The molecule has 2 nitrogen and oxygen atoms in total. The summed E-state index contributed by atoms with van der Waals surface area (Å²) in [4.78, 5) is 2.87. The molecule has 1 aliphatic heterocycles. The predicted octanol–water partition coefficient (Wildman–Crippen LogP) is 3.95. The Hall–Kier alpha value is -0.0800. The van der Waals surface area contributed by atoms with Gasteiger partial charge in [0.15, 0.2) is 0 Å². The Kier molecular flexibility index (Phi) is 6.66. The largest absolute Gasteiger partial charge is 0.313 e. The lowest BCUT2D eigenvalue weighted by molar-refractivity contribution is 0.0976. The third-order valence-corrected chi connectivity index (χ3v) is 5.23. The first kappa shape index (κ1) is 15.3. The summed E-state index contributed by atoms with van der Waals surface area (Å²) in [5.41, 5.74) is 0. The molecule has 0 radical (unpaired) electrons. The third kappa shape index (κ3) is 4.46. The Balaban J connectivity index is 2.05. The molecular weight excluding hydrogens is 232 g/mol. The SMILES string of the molecule is CCNC1CCCCCCC1N1CCCCCC1C.